The van der Waals surface area contributed by atoms with Crippen molar-refractivity contribution in [3.8, 4) is 0 Å². The first-order valence-corrected chi connectivity index (χ1v) is 17.2. The van der Waals surface area contributed by atoms with Crippen LogP contribution < -0.4 is 0 Å². The Bertz CT molecular complexity index is 1270. The summed E-state index contributed by atoms with van der Waals surface area (Å²) >= 11 is 0. The Morgan fingerprint density at radius 1 is 0.936 bits per heavy atom. The van der Waals surface area contributed by atoms with E-state index in [1.54, 1.807) is 6.92 Å². The normalized spacial score (nSPS) is 55.7. The summed E-state index contributed by atoms with van der Waals surface area (Å²) in [4.78, 5) is 27.7. The molecule has 13 heteroatoms. The molecule has 0 spiro atoms. The number of rotatable bonds is 6. The van der Waals surface area contributed by atoms with Gasteiger partial charge < -0.3 is 54.0 Å². The zero-order valence-corrected chi connectivity index (χ0v) is 27.6. The number of allylic oxidation sites excluding steroid dienone is 1. The smallest absolute Gasteiger partial charge is 0.187 e. The summed E-state index contributed by atoms with van der Waals surface area (Å²) in [6.07, 6.45) is -7.81. The van der Waals surface area contributed by atoms with E-state index in [2.05, 4.69) is 6.92 Å². The minimum absolute atomic E-state index is 0.0545. The first-order valence-electron chi connectivity index (χ1n) is 17.2. The second-order valence-corrected chi connectivity index (χ2v) is 15.4. The van der Waals surface area contributed by atoms with Crippen molar-refractivity contribution >= 4 is 11.6 Å². The topological polar surface area (TPSA) is 191 Å². The van der Waals surface area contributed by atoms with E-state index in [0.717, 1.165) is 5.57 Å². The number of hydrogen-bond donors (Lipinski definition) is 5. The third-order valence-corrected chi connectivity index (χ3v) is 13.1. The van der Waals surface area contributed by atoms with Crippen LogP contribution in [0.2, 0.25) is 0 Å². The second-order valence-electron chi connectivity index (χ2n) is 15.4. The molecule has 3 saturated heterocycles. The number of ether oxygens (including phenoxy) is 6. The Labute approximate surface area is 274 Å². The lowest BCUT2D eigenvalue weighted by Crippen LogP contribution is -2.62. The van der Waals surface area contributed by atoms with Crippen LogP contribution in [0.3, 0.4) is 0 Å². The van der Waals surface area contributed by atoms with E-state index in [1.165, 1.54) is 7.11 Å². The fourth-order valence-corrected chi connectivity index (χ4v) is 10.7. The van der Waals surface area contributed by atoms with Crippen molar-refractivity contribution in [1.29, 1.82) is 0 Å². The summed E-state index contributed by atoms with van der Waals surface area (Å²) in [5.74, 6) is -0.401. The molecule has 0 aromatic heterocycles. The highest BCUT2D eigenvalue weighted by atomic mass is 16.7. The van der Waals surface area contributed by atoms with E-state index in [9.17, 15) is 35.1 Å². The number of fused-ring (bicyclic) bond motifs is 4. The molecule has 3 saturated carbocycles. The highest BCUT2D eigenvalue weighted by Gasteiger charge is 2.73. The first-order chi connectivity index (χ1) is 22.3. The van der Waals surface area contributed by atoms with E-state index >= 15 is 0 Å². The molecule has 13 nitrogen and oxygen atoms in total. The molecule has 7 rings (SSSR count). The van der Waals surface area contributed by atoms with Crippen LogP contribution in [-0.2, 0) is 38.0 Å². The third-order valence-electron chi connectivity index (χ3n) is 13.1. The molecule has 0 aromatic rings. The lowest BCUT2D eigenvalue weighted by molar-refractivity contribution is -0.346. The van der Waals surface area contributed by atoms with Crippen molar-refractivity contribution in [3.63, 3.8) is 0 Å². The molecule has 3 heterocycles. The molecular weight excluding hydrogens is 616 g/mol. The lowest BCUT2D eigenvalue weighted by atomic mass is 9.46. The number of aliphatic hydroxyl groups is 5. The van der Waals surface area contributed by atoms with Crippen molar-refractivity contribution in [2.45, 2.75) is 140 Å². The van der Waals surface area contributed by atoms with Crippen molar-refractivity contribution in [2.75, 3.05) is 13.7 Å². The molecule has 0 aromatic carbocycles. The summed E-state index contributed by atoms with van der Waals surface area (Å²) in [7, 11) is 1.51. The molecule has 0 radical (unpaired) electrons. The third kappa shape index (κ3) is 4.98. The van der Waals surface area contributed by atoms with E-state index in [1.807, 2.05) is 19.9 Å². The zero-order valence-electron chi connectivity index (χ0n) is 27.6. The van der Waals surface area contributed by atoms with E-state index < -0.39 is 97.0 Å². The van der Waals surface area contributed by atoms with Crippen LogP contribution >= 0.6 is 0 Å². The van der Waals surface area contributed by atoms with Gasteiger partial charge in [0, 0.05) is 48.5 Å². The maximum atomic E-state index is 14.3. The maximum absolute atomic E-state index is 14.3. The minimum atomic E-state index is -1.58. The average molecular weight is 667 g/mol. The van der Waals surface area contributed by atoms with Gasteiger partial charge in [-0.2, -0.15) is 0 Å². The average Bonchev–Trinajstić information content (AvgIpc) is 3.46. The highest BCUT2D eigenvalue weighted by molar-refractivity contribution is 5.96. The molecule has 0 unspecified atom stereocenters. The fourth-order valence-electron chi connectivity index (χ4n) is 10.7. The van der Waals surface area contributed by atoms with Gasteiger partial charge in [-0.25, -0.2) is 0 Å². The number of Topliss-reactive ketones (excluding diaryl/α,β-unsaturated/α-hetero) is 2. The van der Waals surface area contributed by atoms with E-state index in [0.29, 0.717) is 25.7 Å². The second kappa shape index (κ2) is 12.2. The van der Waals surface area contributed by atoms with Gasteiger partial charge in [0.1, 0.15) is 48.5 Å². The predicted molar refractivity (Wildman–Crippen MR) is 160 cm³/mol. The lowest BCUT2D eigenvalue weighted by Gasteiger charge is -2.57. The zero-order chi connectivity index (χ0) is 33.7. The van der Waals surface area contributed by atoms with Gasteiger partial charge in [0.05, 0.1) is 31.0 Å². The summed E-state index contributed by atoms with van der Waals surface area (Å²) in [5, 5.41) is 52.1. The molecule has 5 N–H and O–H groups in total. The largest absolute Gasteiger partial charge is 0.394 e. The van der Waals surface area contributed by atoms with Gasteiger partial charge in [0.2, 0.25) is 0 Å². The number of carbonyl (C=O) groups excluding carboxylic acids is 2. The van der Waals surface area contributed by atoms with Crippen LogP contribution in [0.1, 0.15) is 59.8 Å². The van der Waals surface area contributed by atoms with Crippen LogP contribution in [0.4, 0.5) is 0 Å². The van der Waals surface area contributed by atoms with Crippen LogP contribution in [0, 0.1) is 34.5 Å². The van der Waals surface area contributed by atoms with Crippen LogP contribution in [0.25, 0.3) is 0 Å². The first kappa shape index (κ1) is 34.1. The number of ketones is 2. The van der Waals surface area contributed by atoms with Gasteiger partial charge in [-0.15, -0.1) is 0 Å². The van der Waals surface area contributed by atoms with Gasteiger partial charge in [-0.05, 0) is 44.6 Å². The molecule has 264 valence electrons. The van der Waals surface area contributed by atoms with Crippen molar-refractivity contribution in [2.24, 2.45) is 34.5 Å². The quantitative estimate of drug-likeness (QED) is 0.239. The number of hydrogen-bond acceptors (Lipinski definition) is 13. The summed E-state index contributed by atoms with van der Waals surface area (Å²) in [5.41, 5.74) is -0.336. The van der Waals surface area contributed by atoms with Gasteiger partial charge in [-0.3, -0.25) is 9.59 Å². The number of methoxy groups -OCH3 is 1. The highest BCUT2D eigenvalue weighted by Crippen LogP contribution is 2.67. The molecule has 47 heavy (non-hydrogen) atoms. The van der Waals surface area contributed by atoms with Gasteiger partial charge in [0.15, 0.2) is 18.4 Å². The molecule has 6 fully saturated rings. The SMILES string of the molecule is CO[C@@H]1C[C@H](O[C@H]2CC[C@@]3(C)C(=CC[C@H]4[C@H]5C(=O)C[C@H]6[C@@H](C)O[C@@H](C(=O)[C@@H]43)[C@@]56C)[C@H]2O)O[C@H](C)[C@@H]1O[C@@H]1O[C@H](CO)[C@@H](O)[C@H](O)[C@H]1O. The van der Waals surface area contributed by atoms with Crippen LogP contribution in [0.5, 0.6) is 0 Å². The predicted octanol–water partition coefficient (Wildman–Crippen LogP) is 0.0116. The van der Waals surface area contributed by atoms with E-state index in [-0.39, 0.29) is 41.8 Å². The van der Waals surface area contributed by atoms with Crippen molar-refractivity contribution < 1.29 is 63.5 Å². The van der Waals surface area contributed by atoms with Gasteiger partial charge in [0.25, 0.3) is 0 Å². The molecule has 7 aliphatic rings. The molecule has 4 aliphatic carbocycles. The number of carbonyl (C=O) groups is 2. The Morgan fingerprint density at radius 3 is 2.38 bits per heavy atom. The Morgan fingerprint density at radius 2 is 1.68 bits per heavy atom. The molecular formula is C34H50O13. The molecule has 0 amide bonds. The Balaban J connectivity index is 1.04. The van der Waals surface area contributed by atoms with Crippen molar-refractivity contribution in [1.82, 2.24) is 0 Å². The fraction of sp³-hybridized carbons (Fsp3) is 0.882. The van der Waals surface area contributed by atoms with Gasteiger partial charge in [-0.1, -0.05) is 19.9 Å². The summed E-state index contributed by atoms with van der Waals surface area (Å²) in [6.45, 7) is 7.27. The summed E-state index contributed by atoms with van der Waals surface area (Å²) in [6, 6.07) is 0. The van der Waals surface area contributed by atoms with E-state index in [4.69, 9.17) is 28.4 Å². The van der Waals surface area contributed by atoms with Crippen LogP contribution in [0.15, 0.2) is 11.6 Å². The molecule has 0 bridgehead atoms. The Hall–Kier alpha value is -1.36. The standard InChI is InChI=1S/C34H50O13/c1-13-17-10-18(36)23-15-6-7-16-25(37)19(8-9-33(16,3)24(15)27(39)31(44-13)34(17,23)4)45-22-11-20(42-5)30(14(2)43-22)47-32-29(41)28(40)26(38)21(12-35)46-32/h7,13-15,17,19-26,28-32,35,37-38,40-41H,6,8-12H2,1-5H3/t13-,14-,15+,17+,19+,20-,21-,22+,23+,24-,25-,26-,28+,29-,30+,31+,32+,33+,34-/m1/s1. The van der Waals surface area contributed by atoms with Crippen molar-refractivity contribution in [3.05, 3.63) is 11.6 Å². The minimum Gasteiger partial charge on any atom is -0.394 e. The summed E-state index contributed by atoms with van der Waals surface area (Å²) < 4.78 is 36.1. The molecule has 3 aliphatic heterocycles. The van der Waals surface area contributed by atoms with Gasteiger partial charge >= 0.3 is 0 Å². The monoisotopic (exact) mass is 666 g/mol. The molecule has 19 atom stereocenters. The number of aliphatic hydroxyl groups excluding tert-OH is 5. The van der Waals surface area contributed by atoms with Crippen LogP contribution in [-0.4, -0.2) is 131 Å². The Kier molecular flexibility index (Phi) is 8.82. The maximum Gasteiger partial charge on any atom is 0.187 e.